The summed E-state index contributed by atoms with van der Waals surface area (Å²) in [5, 5.41) is 6.49. The number of alkyl halides is 1. The number of aryl methyl sites for hydroxylation is 1. The molecule has 0 spiro atoms. The molecule has 1 fully saturated rings. The molecule has 10 nitrogen and oxygen atoms in total. The molecule has 0 atom stereocenters. The standard InChI is InChI=1S/C29H29FN6O4/c1-16-33-22-9-7-17(13-24(22)39-16)20-15-32-26-25(20)28(40-19-5-3-4-6-19)36-29(35-26)34-21-10-8-18(14-23(21)38-2)27(37)31-12-11-30/h7-10,13-15,19H,3-6,11-12H2,1-2H3,(H,31,37)(H2,32,34,35,36). The van der Waals surface area contributed by atoms with Crippen LogP contribution in [0.15, 0.2) is 47.0 Å². The van der Waals surface area contributed by atoms with Crippen LogP contribution in [0.5, 0.6) is 11.6 Å². The highest BCUT2D eigenvalue weighted by Gasteiger charge is 2.23. The molecule has 3 aromatic heterocycles. The first-order valence-corrected chi connectivity index (χ1v) is 13.2. The molecule has 1 aliphatic carbocycles. The number of carbonyl (C=O) groups excluding carboxylic acids is 1. The smallest absolute Gasteiger partial charge is 0.251 e. The highest BCUT2D eigenvalue weighted by molar-refractivity contribution is 5.99. The van der Waals surface area contributed by atoms with Crippen molar-refractivity contribution in [3.05, 3.63) is 54.0 Å². The Balaban J connectivity index is 1.38. The van der Waals surface area contributed by atoms with E-state index in [9.17, 15) is 9.18 Å². The third-order valence-electron chi connectivity index (χ3n) is 6.98. The number of fused-ring (bicyclic) bond motifs is 2. The molecular weight excluding hydrogens is 515 g/mol. The molecule has 2 aromatic carbocycles. The molecule has 206 valence electrons. The maximum Gasteiger partial charge on any atom is 0.251 e. The van der Waals surface area contributed by atoms with E-state index in [1.165, 1.54) is 7.11 Å². The summed E-state index contributed by atoms with van der Waals surface area (Å²) < 4.78 is 30.2. The van der Waals surface area contributed by atoms with Gasteiger partial charge >= 0.3 is 0 Å². The van der Waals surface area contributed by atoms with E-state index in [1.54, 1.807) is 18.2 Å². The van der Waals surface area contributed by atoms with Crippen LogP contribution < -0.4 is 20.1 Å². The Morgan fingerprint density at radius 3 is 2.80 bits per heavy atom. The Morgan fingerprint density at radius 2 is 2.00 bits per heavy atom. The number of aromatic amines is 1. The van der Waals surface area contributed by atoms with Gasteiger partial charge in [-0.2, -0.15) is 9.97 Å². The number of H-pyrrole nitrogens is 1. The minimum absolute atomic E-state index is 0.0528. The minimum Gasteiger partial charge on any atom is -0.495 e. The summed E-state index contributed by atoms with van der Waals surface area (Å²) in [5.41, 5.74) is 4.85. The summed E-state index contributed by atoms with van der Waals surface area (Å²) >= 11 is 0. The highest BCUT2D eigenvalue weighted by atomic mass is 19.1. The van der Waals surface area contributed by atoms with Crippen LogP contribution in [-0.2, 0) is 0 Å². The second kappa shape index (κ2) is 10.8. The zero-order valence-corrected chi connectivity index (χ0v) is 22.2. The Bertz CT molecular complexity index is 1690. The number of benzene rings is 2. The quantitative estimate of drug-likeness (QED) is 0.211. The van der Waals surface area contributed by atoms with E-state index in [2.05, 4.69) is 20.6 Å². The number of methoxy groups -OCH3 is 1. The summed E-state index contributed by atoms with van der Waals surface area (Å²) in [6.45, 7) is 1.14. The SMILES string of the molecule is COc1cc(C(=O)NCCF)ccc1Nc1nc(OC2CCCC2)c2c(-c3ccc4nc(C)oc4c3)c[nH]c2n1. The van der Waals surface area contributed by atoms with E-state index in [0.29, 0.717) is 45.9 Å². The first-order chi connectivity index (χ1) is 19.5. The number of hydrogen-bond acceptors (Lipinski definition) is 8. The van der Waals surface area contributed by atoms with Crippen molar-refractivity contribution < 1.29 is 23.1 Å². The van der Waals surface area contributed by atoms with Crippen LogP contribution in [0.2, 0.25) is 0 Å². The lowest BCUT2D eigenvalue weighted by molar-refractivity contribution is 0.0950. The number of nitrogens with zero attached hydrogens (tertiary/aromatic N) is 3. The van der Waals surface area contributed by atoms with Gasteiger partial charge in [-0.1, -0.05) is 6.07 Å². The summed E-state index contributed by atoms with van der Waals surface area (Å²) in [7, 11) is 1.51. The molecule has 0 saturated heterocycles. The Kier molecular flexibility index (Phi) is 6.93. The van der Waals surface area contributed by atoms with Gasteiger partial charge in [-0.25, -0.2) is 9.37 Å². The average molecular weight is 545 g/mol. The maximum atomic E-state index is 12.5. The van der Waals surface area contributed by atoms with Gasteiger partial charge < -0.3 is 29.5 Å². The fraction of sp³-hybridized carbons (Fsp3) is 0.310. The number of halogens is 1. The van der Waals surface area contributed by atoms with Crippen molar-refractivity contribution in [3.63, 3.8) is 0 Å². The average Bonchev–Trinajstić information content (AvgIpc) is 3.71. The first-order valence-electron chi connectivity index (χ1n) is 13.2. The largest absolute Gasteiger partial charge is 0.495 e. The molecule has 0 radical (unpaired) electrons. The predicted octanol–water partition coefficient (Wildman–Crippen LogP) is 5.85. The lowest BCUT2D eigenvalue weighted by Gasteiger charge is -2.16. The van der Waals surface area contributed by atoms with E-state index in [1.807, 2.05) is 31.3 Å². The van der Waals surface area contributed by atoms with E-state index in [-0.39, 0.29) is 18.6 Å². The molecule has 11 heteroatoms. The van der Waals surface area contributed by atoms with Crippen LogP contribution in [0.25, 0.3) is 33.3 Å². The fourth-order valence-corrected chi connectivity index (χ4v) is 5.06. The van der Waals surface area contributed by atoms with Crippen molar-refractivity contribution >= 4 is 39.7 Å². The molecule has 1 amide bonds. The number of hydrogen-bond donors (Lipinski definition) is 3. The number of amides is 1. The molecule has 3 N–H and O–H groups in total. The van der Waals surface area contributed by atoms with Crippen molar-refractivity contribution in [3.8, 4) is 22.8 Å². The van der Waals surface area contributed by atoms with E-state index >= 15 is 0 Å². The van der Waals surface area contributed by atoms with Crippen molar-refractivity contribution in [2.24, 2.45) is 0 Å². The topological polar surface area (TPSA) is 127 Å². The Hall–Kier alpha value is -4.67. The molecule has 5 aromatic rings. The van der Waals surface area contributed by atoms with Crippen LogP contribution in [0, 0.1) is 6.92 Å². The van der Waals surface area contributed by atoms with Crippen LogP contribution in [-0.4, -0.2) is 52.3 Å². The number of anilines is 2. The van der Waals surface area contributed by atoms with Gasteiger partial charge in [0.1, 0.15) is 29.7 Å². The van der Waals surface area contributed by atoms with E-state index in [4.69, 9.17) is 23.9 Å². The lowest BCUT2D eigenvalue weighted by atomic mass is 10.1. The second-order valence-electron chi connectivity index (χ2n) is 9.70. The third kappa shape index (κ3) is 5.02. The van der Waals surface area contributed by atoms with Gasteiger partial charge in [0.25, 0.3) is 5.91 Å². The third-order valence-corrected chi connectivity index (χ3v) is 6.98. The summed E-state index contributed by atoms with van der Waals surface area (Å²) in [6.07, 6.45) is 6.14. The number of rotatable bonds is 9. The van der Waals surface area contributed by atoms with E-state index in [0.717, 1.165) is 47.7 Å². The van der Waals surface area contributed by atoms with Gasteiger partial charge in [0, 0.05) is 30.8 Å². The van der Waals surface area contributed by atoms with Crippen molar-refractivity contribution in [1.82, 2.24) is 25.3 Å². The van der Waals surface area contributed by atoms with Crippen LogP contribution in [0.1, 0.15) is 41.9 Å². The summed E-state index contributed by atoms with van der Waals surface area (Å²) in [6, 6.07) is 10.8. The molecular formula is C29H29FN6O4. The first kappa shape index (κ1) is 25.6. The normalized spacial score (nSPS) is 13.7. The van der Waals surface area contributed by atoms with Crippen molar-refractivity contribution in [2.75, 3.05) is 25.6 Å². The molecule has 0 unspecified atom stereocenters. The van der Waals surface area contributed by atoms with E-state index < -0.39 is 6.67 Å². The van der Waals surface area contributed by atoms with Crippen LogP contribution in [0.4, 0.5) is 16.0 Å². The molecule has 6 rings (SSSR count). The van der Waals surface area contributed by atoms with Gasteiger partial charge in [0.05, 0.1) is 18.2 Å². The van der Waals surface area contributed by atoms with Crippen LogP contribution >= 0.6 is 0 Å². The predicted molar refractivity (Wildman–Crippen MR) is 149 cm³/mol. The second-order valence-corrected chi connectivity index (χ2v) is 9.70. The fourth-order valence-electron chi connectivity index (χ4n) is 5.06. The zero-order chi connectivity index (χ0) is 27.6. The van der Waals surface area contributed by atoms with Crippen molar-refractivity contribution in [2.45, 2.75) is 38.7 Å². The summed E-state index contributed by atoms with van der Waals surface area (Å²) in [4.78, 5) is 29.5. The maximum absolute atomic E-state index is 12.5. The molecule has 0 aliphatic heterocycles. The minimum atomic E-state index is -0.637. The van der Waals surface area contributed by atoms with Crippen LogP contribution in [0.3, 0.4) is 0 Å². The molecule has 1 saturated carbocycles. The van der Waals surface area contributed by atoms with Gasteiger partial charge in [-0.15, -0.1) is 0 Å². The zero-order valence-electron chi connectivity index (χ0n) is 22.2. The lowest BCUT2D eigenvalue weighted by Crippen LogP contribution is -2.25. The Morgan fingerprint density at radius 1 is 1.15 bits per heavy atom. The number of aromatic nitrogens is 4. The number of ether oxygens (including phenoxy) is 2. The molecule has 1 aliphatic rings. The van der Waals surface area contributed by atoms with Gasteiger partial charge in [0.2, 0.25) is 11.8 Å². The Labute approximate surface area is 229 Å². The highest BCUT2D eigenvalue weighted by Crippen LogP contribution is 2.38. The molecule has 40 heavy (non-hydrogen) atoms. The van der Waals surface area contributed by atoms with Gasteiger partial charge in [-0.05, 0) is 61.6 Å². The molecule has 3 heterocycles. The summed E-state index contributed by atoms with van der Waals surface area (Å²) in [5.74, 6) is 1.43. The monoisotopic (exact) mass is 544 g/mol. The van der Waals surface area contributed by atoms with Gasteiger partial charge in [0.15, 0.2) is 11.5 Å². The number of nitrogens with one attached hydrogen (secondary N) is 3. The number of oxazole rings is 1. The molecule has 0 bridgehead atoms. The van der Waals surface area contributed by atoms with Crippen molar-refractivity contribution in [1.29, 1.82) is 0 Å². The van der Waals surface area contributed by atoms with Gasteiger partial charge in [-0.3, -0.25) is 4.79 Å². The number of carbonyl (C=O) groups is 1.